The number of hydrogen-bond acceptors (Lipinski definition) is 1. The fraction of sp³-hybridized carbons (Fsp3) is 0.556. The Morgan fingerprint density at radius 1 is 1.24 bits per heavy atom. The van der Waals surface area contributed by atoms with Crippen molar-refractivity contribution in [2.75, 3.05) is 0 Å². The Bertz CT molecular complexity index is 538. The molecule has 0 radical (unpaired) electrons. The van der Waals surface area contributed by atoms with E-state index < -0.39 is 0 Å². The van der Waals surface area contributed by atoms with Crippen LogP contribution in [0.5, 0.6) is 0 Å². The Morgan fingerprint density at radius 2 is 2.05 bits per heavy atom. The molecule has 0 saturated carbocycles. The van der Waals surface area contributed by atoms with Gasteiger partial charge in [-0.2, -0.15) is 9.89 Å². The quantitative estimate of drug-likeness (QED) is 0.496. The lowest BCUT2D eigenvalue weighted by Gasteiger charge is -2.15. The molecule has 116 valence electrons. The summed E-state index contributed by atoms with van der Waals surface area (Å²) in [6.07, 6.45) is 7.91. The van der Waals surface area contributed by atoms with Crippen LogP contribution in [0.3, 0.4) is 0 Å². The van der Waals surface area contributed by atoms with Crippen molar-refractivity contribution >= 4 is 35.1 Å². The third-order valence-electron chi connectivity index (χ3n) is 4.40. The summed E-state index contributed by atoms with van der Waals surface area (Å²) < 4.78 is 0. The second-order valence-electron chi connectivity index (χ2n) is 5.81. The normalized spacial score (nSPS) is 20.0. The molecular weight excluding hydrogens is 308 g/mol. The van der Waals surface area contributed by atoms with Gasteiger partial charge in [0, 0.05) is 18.7 Å². The van der Waals surface area contributed by atoms with Gasteiger partial charge < -0.3 is 0 Å². The van der Waals surface area contributed by atoms with Crippen molar-refractivity contribution in [1.29, 1.82) is 0 Å². The summed E-state index contributed by atoms with van der Waals surface area (Å²) in [4.78, 5) is 3.14. The van der Waals surface area contributed by atoms with Crippen LogP contribution in [0.2, 0.25) is 0 Å². The summed E-state index contributed by atoms with van der Waals surface area (Å²) in [6.45, 7) is 6.99. The van der Waals surface area contributed by atoms with Gasteiger partial charge in [0.25, 0.3) is 0 Å². The van der Waals surface area contributed by atoms with Gasteiger partial charge in [-0.25, -0.2) is 0 Å². The Hall–Kier alpha value is -0.253. The molecule has 2 atom stereocenters. The van der Waals surface area contributed by atoms with Crippen molar-refractivity contribution in [1.82, 2.24) is 0 Å². The summed E-state index contributed by atoms with van der Waals surface area (Å²) in [5.41, 5.74) is 3.32. The van der Waals surface area contributed by atoms with Crippen LogP contribution in [0.15, 0.2) is 34.1 Å². The van der Waals surface area contributed by atoms with Crippen molar-refractivity contribution < 1.29 is 0 Å². The highest BCUT2D eigenvalue weighted by atomic mass is 32.3. The maximum Gasteiger partial charge on any atom is 0.0402 e. The third-order valence-corrected chi connectivity index (χ3v) is 8.35. The molecule has 1 aliphatic heterocycles. The molecule has 1 aliphatic rings. The standard InChI is InChI=1S/C18H28S2Si/c1-4-8-14(5-2)10-11-15-13-20(21)18(16(15)6-3)17-9-7-12-19-17/h7,9,12-14H,4-6,8,10-11,21H2,1-3H3. The molecule has 2 rings (SSSR count). The van der Waals surface area contributed by atoms with Crippen LogP contribution < -0.4 is 0 Å². The first-order chi connectivity index (χ1) is 10.2. The smallest absolute Gasteiger partial charge is 0.0402 e. The van der Waals surface area contributed by atoms with Crippen LogP contribution in [0.1, 0.15) is 64.2 Å². The van der Waals surface area contributed by atoms with Gasteiger partial charge in [-0.3, -0.25) is 0 Å². The number of rotatable bonds is 8. The zero-order valence-electron chi connectivity index (χ0n) is 13.7. The average molecular weight is 337 g/mol. The van der Waals surface area contributed by atoms with Gasteiger partial charge in [-0.15, -0.1) is 11.3 Å². The minimum absolute atomic E-state index is 0.335. The van der Waals surface area contributed by atoms with Gasteiger partial charge in [-0.1, -0.05) is 46.1 Å². The molecule has 0 amide bonds. The molecule has 1 aromatic rings. The van der Waals surface area contributed by atoms with Gasteiger partial charge in [-0.05, 0) is 53.2 Å². The van der Waals surface area contributed by atoms with Crippen LogP contribution in [-0.4, -0.2) is 8.95 Å². The summed E-state index contributed by atoms with van der Waals surface area (Å²) >= 11 is 1.90. The molecule has 0 fully saturated rings. The van der Waals surface area contributed by atoms with Crippen molar-refractivity contribution in [3.05, 3.63) is 38.9 Å². The van der Waals surface area contributed by atoms with Gasteiger partial charge in [0.2, 0.25) is 0 Å². The minimum Gasteiger partial charge on any atom is -0.163 e. The SMILES string of the molecule is CCCC(CC)CCC1=CS(=[SiH2])C(c2cccs2)=C1CC. The summed E-state index contributed by atoms with van der Waals surface area (Å²) in [5, 5.41) is 4.78. The fourth-order valence-corrected chi connectivity index (χ4v) is 7.91. The molecule has 0 saturated heterocycles. The van der Waals surface area contributed by atoms with E-state index in [0.717, 1.165) is 5.92 Å². The van der Waals surface area contributed by atoms with Gasteiger partial charge in [0.15, 0.2) is 0 Å². The molecule has 2 heterocycles. The third kappa shape index (κ3) is 4.14. The van der Waals surface area contributed by atoms with E-state index in [9.17, 15) is 0 Å². The maximum absolute atomic E-state index is 2.57. The van der Waals surface area contributed by atoms with Crippen LogP contribution in [0, 0.1) is 5.92 Å². The molecule has 2 unspecified atom stereocenters. The number of allylic oxidation sites excluding steroid dienone is 2. The molecule has 0 spiro atoms. The predicted molar refractivity (Wildman–Crippen MR) is 104 cm³/mol. The van der Waals surface area contributed by atoms with Crippen LogP contribution in [0.25, 0.3) is 4.91 Å². The lowest BCUT2D eigenvalue weighted by molar-refractivity contribution is 0.432. The first-order valence-electron chi connectivity index (χ1n) is 8.22. The number of hydrogen-bond donors (Lipinski definition) is 0. The Morgan fingerprint density at radius 3 is 2.62 bits per heavy atom. The van der Waals surface area contributed by atoms with E-state index in [0.29, 0.717) is 9.89 Å². The van der Waals surface area contributed by atoms with E-state index in [1.165, 1.54) is 43.4 Å². The molecular formula is C18H28S2Si. The van der Waals surface area contributed by atoms with E-state index in [2.05, 4.69) is 52.6 Å². The van der Waals surface area contributed by atoms with Crippen LogP contribution >= 0.6 is 21.2 Å². The van der Waals surface area contributed by atoms with E-state index in [4.69, 9.17) is 0 Å². The molecule has 0 bridgehead atoms. The van der Waals surface area contributed by atoms with Crippen molar-refractivity contribution in [2.24, 2.45) is 5.92 Å². The molecule has 3 heteroatoms. The molecule has 0 aliphatic carbocycles. The zero-order valence-corrected chi connectivity index (χ0v) is 16.7. The van der Waals surface area contributed by atoms with Crippen molar-refractivity contribution in [3.8, 4) is 0 Å². The number of thiophene rings is 1. The molecule has 1 aromatic heterocycles. The summed E-state index contributed by atoms with van der Waals surface area (Å²) in [6, 6.07) is 4.49. The van der Waals surface area contributed by atoms with Crippen LogP contribution in [-0.2, 0) is 0 Å². The second kappa shape index (κ2) is 8.40. The highest BCUT2D eigenvalue weighted by molar-refractivity contribution is 8.28. The molecule has 0 nitrogen and oxygen atoms in total. The van der Waals surface area contributed by atoms with Gasteiger partial charge >= 0.3 is 0 Å². The minimum atomic E-state index is 0.335. The lowest BCUT2D eigenvalue weighted by Crippen LogP contribution is -1.99. The van der Waals surface area contributed by atoms with Gasteiger partial charge in [0.05, 0.1) is 0 Å². The topological polar surface area (TPSA) is 0 Å². The monoisotopic (exact) mass is 336 g/mol. The summed E-state index contributed by atoms with van der Waals surface area (Å²) in [5.74, 6) is 0.917. The van der Waals surface area contributed by atoms with Crippen molar-refractivity contribution in [3.63, 3.8) is 0 Å². The van der Waals surface area contributed by atoms with Crippen LogP contribution in [0.4, 0.5) is 0 Å². The highest BCUT2D eigenvalue weighted by Gasteiger charge is 2.21. The first-order valence-corrected chi connectivity index (χ1v) is 12.3. The van der Waals surface area contributed by atoms with E-state index in [1.54, 1.807) is 16.1 Å². The predicted octanol–water partition coefficient (Wildman–Crippen LogP) is 6.19. The fourth-order valence-electron chi connectivity index (χ4n) is 3.21. The molecule has 0 N–H and O–H groups in total. The average Bonchev–Trinajstić information content (AvgIpc) is 3.10. The van der Waals surface area contributed by atoms with E-state index in [1.807, 2.05) is 11.3 Å². The second-order valence-corrected chi connectivity index (χ2v) is 10.1. The molecule has 21 heavy (non-hydrogen) atoms. The maximum atomic E-state index is 2.57. The summed E-state index contributed by atoms with van der Waals surface area (Å²) in [7, 11) is 2.50. The van der Waals surface area contributed by atoms with Crippen molar-refractivity contribution in [2.45, 2.75) is 59.3 Å². The Balaban J connectivity index is 2.13. The Labute approximate surface area is 139 Å². The largest absolute Gasteiger partial charge is 0.163 e. The first kappa shape index (κ1) is 17.1. The zero-order chi connectivity index (χ0) is 15.2. The molecule has 0 aromatic carbocycles. The Kier molecular flexibility index (Phi) is 6.84. The van der Waals surface area contributed by atoms with E-state index >= 15 is 0 Å². The lowest BCUT2D eigenvalue weighted by atomic mass is 9.91. The van der Waals surface area contributed by atoms with E-state index in [-0.39, 0.29) is 0 Å². The highest BCUT2D eigenvalue weighted by Crippen LogP contribution is 2.49. The van der Waals surface area contributed by atoms with Gasteiger partial charge in [0.1, 0.15) is 0 Å².